The van der Waals surface area contributed by atoms with Gasteiger partial charge in [-0.2, -0.15) is 0 Å². The molecule has 0 aromatic heterocycles. The Bertz CT molecular complexity index is 677. The third-order valence-electron chi connectivity index (χ3n) is 5.75. The van der Waals surface area contributed by atoms with Crippen LogP contribution in [-0.4, -0.2) is 56.0 Å². The lowest BCUT2D eigenvalue weighted by Gasteiger charge is -2.31. The summed E-state index contributed by atoms with van der Waals surface area (Å²) in [5, 5.41) is 5.22. The van der Waals surface area contributed by atoms with Crippen LogP contribution in [0.15, 0.2) is 11.6 Å². The zero-order valence-corrected chi connectivity index (χ0v) is 16.7. The lowest BCUT2D eigenvalue weighted by Crippen LogP contribution is -2.45. The SMILES string of the molecule is O=C(NCCC1=CCCCC1)C(=O)NCC1CCN(S(=O)(=O)C2CC2)CC1. The van der Waals surface area contributed by atoms with E-state index in [1.54, 1.807) is 4.31 Å². The highest BCUT2D eigenvalue weighted by Crippen LogP contribution is 2.33. The lowest BCUT2D eigenvalue weighted by molar-refractivity contribution is -0.139. The van der Waals surface area contributed by atoms with Gasteiger partial charge in [0.25, 0.3) is 0 Å². The second-order valence-corrected chi connectivity index (χ2v) is 10.1. The quantitative estimate of drug-likeness (QED) is 0.500. The second kappa shape index (κ2) is 9.19. The highest BCUT2D eigenvalue weighted by atomic mass is 32.2. The van der Waals surface area contributed by atoms with Crippen molar-refractivity contribution in [1.82, 2.24) is 14.9 Å². The highest BCUT2D eigenvalue weighted by molar-refractivity contribution is 7.90. The molecule has 2 aliphatic carbocycles. The van der Waals surface area contributed by atoms with E-state index in [1.807, 2.05) is 0 Å². The van der Waals surface area contributed by atoms with Gasteiger partial charge in [-0.3, -0.25) is 9.59 Å². The summed E-state index contributed by atoms with van der Waals surface area (Å²) in [4.78, 5) is 23.8. The van der Waals surface area contributed by atoms with Crippen LogP contribution in [0.25, 0.3) is 0 Å². The maximum atomic E-state index is 12.2. The largest absolute Gasteiger partial charge is 0.348 e. The summed E-state index contributed by atoms with van der Waals surface area (Å²) in [7, 11) is -3.10. The van der Waals surface area contributed by atoms with Gasteiger partial charge in [0, 0.05) is 26.2 Å². The number of allylic oxidation sites excluding steroid dienone is 1. The van der Waals surface area contributed by atoms with E-state index >= 15 is 0 Å². The van der Waals surface area contributed by atoms with Gasteiger partial charge in [0.1, 0.15) is 0 Å². The van der Waals surface area contributed by atoms with E-state index in [4.69, 9.17) is 0 Å². The Hall–Kier alpha value is -1.41. The Morgan fingerprint density at radius 3 is 2.37 bits per heavy atom. The molecule has 3 aliphatic rings. The molecular formula is C19H31N3O4S. The number of carbonyl (C=O) groups excluding carboxylic acids is 2. The van der Waals surface area contributed by atoms with E-state index in [9.17, 15) is 18.0 Å². The van der Waals surface area contributed by atoms with Crippen LogP contribution in [0.5, 0.6) is 0 Å². The van der Waals surface area contributed by atoms with Crippen molar-refractivity contribution < 1.29 is 18.0 Å². The third-order valence-corrected chi connectivity index (χ3v) is 8.15. The number of rotatable bonds is 7. The van der Waals surface area contributed by atoms with Gasteiger partial charge in [0.15, 0.2) is 0 Å². The van der Waals surface area contributed by atoms with Gasteiger partial charge in [0.05, 0.1) is 5.25 Å². The average molecular weight is 398 g/mol. The van der Waals surface area contributed by atoms with Gasteiger partial charge in [-0.25, -0.2) is 12.7 Å². The van der Waals surface area contributed by atoms with Gasteiger partial charge in [-0.15, -0.1) is 0 Å². The zero-order chi connectivity index (χ0) is 19.3. The first-order valence-electron chi connectivity index (χ1n) is 10.2. The van der Waals surface area contributed by atoms with Crippen molar-refractivity contribution in [3.8, 4) is 0 Å². The molecule has 8 heteroatoms. The van der Waals surface area contributed by atoms with Crippen LogP contribution in [-0.2, 0) is 19.6 Å². The minimum absolute atomic E-state index is 0.165. The Kier molecular flexibility index (Phi) is 6.92. The molecule has 0 atom stereocenters. The molecule has 0 spiro atoms. The summed E-state index contributed by atoms with van der Waals surface area (Å²) < 4.78 is 26.0. The van der Waals surface area contributed by atoms with E-state index in [-0.39, 0.29) is 11.2 Å². The van der Waals surface area contributed by atoms with E-state index in [0.717, 1.165) is 44.9 Å². The summed E-state index contributed by atoms with van der Waals surface area (Å²) in [6.07, 6.45) is 10.7. The van der Waals surface area contributed by atoms with Crippen LogP contribution >= 0.6 is 0 Å². The Morgan fingerprint density at radius 2 is 1.74 bits per heavy atom. The van der Waals surface area contributed by atoms with Crippen molar-refractivity contribution in [2.24, 2.45) is 5.92 Å². The van der Waals surface area contributed by atoms with Gasteiger partial charge in [-0.1, -0.05) is 11.6 Å². The molecule has 1 saturated carbocycles. The van der Waals surface area contributed by atoms with Gasteiger partial charge >= 0.3 is 11.8 Å². The maximum absolute atomic E-state index is 12.2. The van der Waals surface area contributed by atoms with Crippen LogP contribution in [0, 0.1) is 5.92 Å². The predicted molar refractivity (Wildman–Crippen MR) is 103 cm³/mol. The van der Waals surface area contributed by atoms with Gasteiger partial charge in [0.2, 0.25) is 10.0 Å². The molecule has 2 fully saturated rings. The van der Waals surface area contributed by atoms with Crippen LogP contribution in [0.2, 0.25) is 0 Å². The fraction of sp³-hybridized carbons (Fsp3) is 0.789. The van der Waals surface area contributed by atoms with Crippen LogP contribution < -0.4 is 10.6 Å². The molecule has 0 unspecified atom stereocenters. The van der Waals surface area contributed by atoms with E-state index in [2.05, 4.69) is 16.7 Å². The summed E-state index contributed by atoms with van der Waals surface area (Å²) in [5.41, 5.74) is 1.37. The first-order valence-corrected chi connectivity index (χ1v) is 11.7. The number of piperidine rings is 1. The summed E-state index contributed by atoms with van der Waals surface area (Å²) in [6.45, 7) is 1.95. The monoisotopic (exact) mass is 397 g/mol. The lowest BCUT2D eigenvalue weighted by atomic mass is 9.97. The van der Waals surface area contributed by atoms with E-state index in [1.165, 1.54) is 18.4 Å². The molecule has 0 aromatic carbocycles. The first-order chi connectivity index (χ1) is 13.0. The fourth-order valence-corrected chi connectivity index (χ4v) is 5.68. The van der Waals surface area contributed by atoms with Gasteiger partial charge in [-0.05, 0) is 63.7 Å². The smallest absolute Gasteiger partial charge is 0.309 e. The topological polar surface area (TPSA) is 95.6 Å². The second-order valence-electron chi connectivity index (χ2n) is 7.91. The number of hydrogen-bond acceptors (Lipinski definition) is 4. The van der Waals surface area contributed by atoms with Crippen molar-refractivity contribution >= 4 is 21.8 Å². The predicted octanol–water partition coefficient (Wildman–Crippen LogP) is 1.31. The zero-order valence-electron chi connectivity index (χ0n) is 15.9. The number of hydrogen-bond donors (Lipinski definition) is 2. The Labute approximate surface area is 162 Å². The summed E-state index contributed by atoms with van der Waals surface area (Å²) >= 11 is 0. The van der Waals surface area contributed by atoms with Crippen molar-refractivity contribution in [3.63, 3.8) is 0 Å². The van der Waals surface area contributed by atoms with Crippen molar-refractivity contribution in [2.75, 3.05) is 26.2 Å². The number of carbonyl (C=O) groups is 2. The molecule has 27 heavy (non-hydrogen) atoms. The van der Waals surface area contributed by atoms with Crippen molar-refractivity contribution in [1.29, 1.82) is 0 Å². The van der Waals surface area contributed by atoms with Crippen molar-refractivity contribution in [3.05, 3.63) is 11.6 Å². The maximum Gasteiger partial charge on any atom is 0.309 e. The molecule has 2 N–H and O–H groups in total. The summed E-state index contributed by atoms with van der Waals surface area (Å²) in [5.74, 6) is -0.958. The van der Waals surface area contributed by atoms with Crippen molar-refractivity contribution in [2.45, 2.75) is 63.0 Å². The molecule has 7 nitrogen and oxygen atoms in total. The minimum atomic E-state index is -3.10. The molecule has 0 radical (unpaired) electrons. The molecule has 1 saturated heterocycles. The molecular weight excluding hydrogens is 366 g/mol. The first kappa shape index (κ1) is 20.3. The Morgan fingerprint density at radius 1 is 1.04 bits per heavy atom. The number of amides is 2. The standard InChI is InChI=1S/C19H31N3O4S/c23-18(20-11-8-15-4-2-1-3-5-15)19(24)21-14-16-9-12-22(13-10-16)27(25,26)17-6-7-17/h4,16-17H,1-3,5-14H2,(H,20,23)(H,21,24). The molecule has 2 amide bonds. The van der Waals surface area contributed by atoms with Gasteiger partial charge < -0.3 is 10.6 Å². The van der Waals surface area contributed by atoms with Crippen LogP contribution in [0.1, 0.15) is 57.8 Å². The molecule has 1 aliphatic heterocycles. The highest BCUT2D eigenvalue weighted by Gasteiger charge is 2.41. The number of nitrogens with zero attached hydrogens (tertiary/aromatic N) is 1. The average Bonchev–Trinajstić information content (AvgIpc) is 3.53. The summed E-state index contributed by atoms with van der Waals surface area (Å²) in [6, 6.07) is 0. The minimum Gasteiger partial charge on any atom is -0.348 e. The fourth-order valence-electron chi connectivity index (χ4n) is 3.81. The van der Waals surface area contributed by atoms with Crippen LogP contribution in [0.4, 0.5) is 0 Å². The molecule has 152 valence electrons. The third kappa shape index (κ3) is 5.78. The van der Waals surface area contributed by atoms with E-state index < -0.39 is 21.8 Å². The van der Waals surface area contributed by atoms with E-state index in [0.29, 0.717) is 26.2 Å². The Balaban J connectivity index is 1.31. The molecule has 1 heterocycles. The number of nitrogens with one attached hydrogen (secondary N) is 2. The normalized spacial score (nSPS) is 22.1. The van der Waals surface area contributed by atoms with Crippen LogP contribution in [0.3, 0.4) is 0 Å². The number of sulfonamides is 1. The molecule has 0 bridgehead atoms. The molecule has 0 aromatic rings. The molecule has 3 rings (SSSR count).